The smallest absolute Gasteiger partial charge is 0.145 e. The van der Waals surface area contributed by atoms with Gasteiger partial charge in [0.05, 0.1) is 5.38 Å². The highest BCUT2D eigenvalue weighted by Crippen LogP contribution is 2.31. The van der Waals surface area contributed by atoms with Crippen molar-refractivity contribution >= 4 is 19.6 Å². The molecule has 70 valence electrons. The van der Waals surface area contributed by atoms with Crippen LogP contribution in [-0.4, -0.2) is 17.6 Å². The molecule has 0 radical (unpaired) electrons. The van der Waals surface area contributed by atoms with E-state index in [1.54, 1.807) is 6.08 Å². The molecule has 0 amide bonds. The highest BCUT2D eigenvalue weighted by atomic mass is 35.5. The van der Waals surface area contributed by atoms with Crippen molar-refractivity contribution in [2.75, 3.05) is 6.61 Å². The van der Waals surface area contributed by atoms with Crippen LogP contribution in [0.15, 0.2) is 12.7 Å². The summed E-state index contributed by atoms with van der Waals surface area (Å²) in [5, 5.41) is -0.0834. The Morgan fingerprint density at radius 1 is 1.67 bits per heavy atom. The molecule has 4 heteroatoms. The van der Waals surface area contributed by atoms with Gasteiger partial charge in [0.25, 0.3) is 0 Å². The summed E-state index contributed by atoms with van der Waals surface area (Å²) in [6, 6.07) is 0. The fraction of sp³-hybridized carbons (Fsp3) is 0.750. The predicted octanol–water partition coefficient (Wildman–Crippen LogP) is 3.34. The first-order chi connectivity index (χ1) is 5.57. The lowest BCUT2D eigenvalue weighted by Crippen LogP contribution is -2.03. The molecule has 3 unspecified atom stereocenters. The number of allylic oxidation sites excluding steroid dienone is 1. The van der Waals surface area contributed by atoms with Crippen LogP contribution < -0.4 is 0 Å². The minimum absolute atomic E-state index is 0.0351. The van der Waals surface area contributed by atoms with Crippen molar-refractivity contribution in [3.05, 3.63) is 12.7 Å². The van der Waals surface area contributed by atoms with Gasteiger partial charge >= 0.3 is 8.03 Å². The maximum Gasteiger partial charge on any atom is 0.511 e. The molecule has 2 nitrogen and oxygen atoms in total. The Bertz CT molecular complexity index is 159. The molecule has 0 fully saturated rings. The van der Waals surface area contributed by atoms with E-state index in [1.807, 2.05) is 13.8 Å². The summed E-state index contributed by atoms with van der Waals surface area (Å²) in [4.78, 5) is 0. The number of halogens is 1. The van der Waals surface area contributed by atoms with E-state index < -0.39 is 8.03 Å². The van der Waals surface area contributed by atoms with Gasteiger partial charge in [-0.25, -0.2) is 0 Å². The van der Waals surface area contributed by atoms with E-state index in [-0.39, 0.29) is 11.0 Å². The molecule has 0 aliphatic heterocycles. The Labute approximate surface area is 79.8 Å². The molecule has 0 aliphatic carbocycles. The van der Waals surface area contributed by atoms with Crippen molar-refractivity contribution in [3.8, 4) is 0 Å². The van der Waals surface area contributed by atoms with Crippen LogP contribution >= 0.6 is 19.6 Å². The molecule has 0 aromatic heterocycles. The summed E-state index contributed by atoms with van der Waals surface area (Å²) in [6.07, 6.45) is 2.46. The molecule has 0 aromatic rings. The van der Waals surface area contributed by atoms with E-state index in [2.05, 4.69) is 6.58 Å². The van der Waals surface area contributed by atoms with Crippen molar-refractivity contribution < 1.29 is 9.09 Å². The fourth-order valence-corrected chi connectivity index (χ4v) is 1.73. The standard InChI is InChI=1S/C8H15ClO2P/c1-4-5-8(3)12(10)11-6-7(2)9/h4,7-8H,1,5-6H2,2-3H3/q+1. The third-order valence-electron chi connectivity index (χ3n) is 1.30. The number of alkyl halides is 1. The predicted molar refractivity (Wildman–Crippen MR) is 53.1 cm³/mol. The van der Waals surface area contributed by atoms with Gasteiger partial charge in [-0.1, -0.05) is 6.08 Å². The van der Waals surface area contributed by atoms with Crippen molar-refractivity contribution in [2.24, 2.45) is 0 Å². The van der Waals surface area contributed by atoms with Crippen LogP contribution in [0, 0.1) is 0 Å². The van der Waals surface area contributed by atoms with E-state index in [0.29, 0.717) is 13.0 Å². The molecule has 12 heavy (non-hydrogen) atoms. The van der Waals surface area contributed by atoms with Gasteiger partial charge in [-0.15, -0.1) is 22.7 Å². The summed E-state index contributed by atoms with van der Waals surface area (Å²) in [5.74, 6) is 0. The van der Waals surface area contributed by atoms with Crippen LogP contribution in [0.5, 0.6) is 0 Å². The third-order valence-corrected chi connectivity index (χ3v) is 2.76. The van der Waals surface area contributed by atoms with Gasteiger partial charge in [0.2, 0.25) is 0 Å². The van der Waals surface area contributed by atoms with Gasteiger partial charge in [0.1, 0.15) is 6.61 Å². The second kappa shape index (κ2) is 6.59. The second-order valence-corrected chi connectivity index (χ2v) is 5.19. The van der Waals surface area contributed by atoms with Crippen molar-refractivity contribution in [3.63, 3.8) is 0 Å². The molecule has 0 rings (SSSR count). The zero-order chi connectivity index (χ0) is 9.56. The first-order valence-electron chi connectivity index (χ1n) is 3.92. The monoisotopic (exact) mass is 209 g/mol. The van der Waals surface area contributed by atoms with Crippen molar-refractivity contribution in [2.45, 2.75) is 31.3 Å². The van der Waals surface area contributed by atoms with Crippen LogP contribution in [0.1, 0.15) is 20.3 Å². The Balaban J connectivity index is 3.63. The van der Waals surface area contributed by atoms with Crippen LogP contribution in [0.2, 0.25) is 0 Å². The largest absolute Gasteiger partial charge is 0.511 e. The minimum Gasteiger partial charge on any atom is -0.145 e. The Morgan fingerprint density at radius 2 is 2.25 bits per heavy atom. The molecule has 0 bridgehead atoms. The Hall–Kier alpha value is 0.0900. The summed E-state index contributed by atoms with van der Waals surface area (Å²) in [6.45, 7) is 7.60. The van der Waals surface area contributed by atoms with Gasteiger partial charge in [-0.2, -0.15) is 0 Å². The summed E-state index contributed by atoms with van der Waals surface area (Å²) >= 11 is 5.63. The third kappa shape index (κ3) is 5.70. The molecular formula is C8H15ClO2P+. The highest BCUT2D eigenvalue weighted by molar-refractivity contribution is 7.40. The quantitative estimate of drug-likeness (QED) is 0.381. The van der Waals surface area contributed by atoms with Crippen molar-refractivity contribution in [1.29, 1.82) is 0 Å². The fourth-order valence-electron chi connectivity index (χ4n) is 0.631. The van der Waals surface area contributed by atoms with Crippen LogP contribution in [0.4, 0.5) is 0 Å². The van der Waals surface area contributed by atoms with E-state index in [9.17, 15) is 4.57 Å². The lowest BCUT2D eigenvalue weighted by Gasteiger charge is -1.97. The lowest BCUT2D eigenvalue weighted by molar-refractivity contribution is 0.326. The van der Waals surface area contributed by atoms with E-state index >= 15 is 0 Å². The van der Waals surface area contributed by atoms with Gasteiger partial charge in [-0.3, -0.25) is 0 Å². The number of hydrogen-bond acceptors (Lipinski definition) is 2. The maximum atomic E-state index is 11.3. The lowest BCUT2D eigenvalue weighted by atomic mass is 10.3. The van der Waals surface area contributed by atoms with Crippen LogP contribution in [-0.2, 0) is 9.09 Å². The van der Waals surface area contributed by atoms with Gasteiger partial charge in [-0.05, 0) is 18.4 Å². The molecule has 3 atom stereocenters. The first-order valence-corrected chi connectivity index (χ1v) is 5.60. The van der Waals surface area contributed by atoms with Gasteiger partial charge in [0.15, 0.2) is 5.66 Å². The van der Waals surface area contributed by atoms with E-state index in [1.165, 1.54) is 0 Å². The summed E-state index contributed by atoms with van der Waals surface area (Å²) < 4.78 is 16.3. The van der Waals surface area contributed by atoms with E-state index in [4.69, 9.17) is 16.1 Å². The molecule has 0 saturated heterocycles. The van der Waals surface area contributed by atoms with Crippen molar-refractivity contribution in [1.82, 2.24) is 0 Å². The molecular weight excluding hydrogens is 195 g/mol. The van der Waals surface area contributed by atoms with E-state index in [0.717, 1.165) is 0 Å². The second-order valence-electron chi connectivity index (χ2n) is 2.74. The molecule has 0 heterocycles. The molecule has 0 aromatic carbocycles. The summed E-state index contributed by atoms with van der Waals surface area (Å²) in [5.41, 5.74) is 0.0351. The van der Waals surface area contributed by atoms with Crippen LogP contribution in [0.25, 0.3) is 0 Å². The number of rotatable bonds is 6. The zero-order valence-electron chi connectivity index (χ0n) is 7.50. The SMILES string of the molecule is C=CCC(C)[P+](=O)OCC(C)Cl. The molecule has 0 aliphatic rings. The Kier molecular flexibility index (Phi) is 6.64. The average Bonchev–Trinajstić information content (AvgIpc) is 2.00. The molecule has 0 N–H and O–H groups in total. The maximum absolute atomic E-state index is 11.3. The highest BCUT2D eigenvalue weighted by Gasteiger charge is 2.26. The van der Waals surface area contributed by atoms with Gasteiger partial charge in [0, 0.05) is 6.42 Å². The number of hydrogen-bond donors (Lipinski definition) is 0. The van der Waals surface area contributed by atoms with Crippen LogP contribution in [0.3, 0.4) is 0 Å². The minimum atomic E-state index is -1.59. The Morgan fingerprint density at radius 3 is 2.67 bits per heavy atom. The topological polar surface area (TPSA) is 26.3 Å². The average molecular weight is 210 g/mol. The molecule has 0 saturated carbocycles. The normalized spacial score (nSPS) is 16.8. The zero-order valence-corrected chi connectivity index (χ0v) is 9.15. The molecule has 0 spiro atoms. The summed E-state index contributed by atoms with van der Waals surface area (Å²) in [7, 11) is -1.59. The first kappa shape index (κ1) is 12.1. The van der Waals surface area contributed by atoms with Gasteiger partial charge < -0.3 is 0 Å².